The van der Waals surface area contributed by atoms with Gasteiger partial charge in [0.05, 0.1) is 16.3 Å². The summed E-state index contributed by atoms with van der Waals surface area (Å²) in [5.41, 5.74) is 0.760. The van der Waals surface area contributed by atoms with Crippen molar-refractivity contribution in [3.63, 3.8) is 0 Å². The predicted molar refractivity (Wildman–Crippen MR) is 107 cm³/mol. The molecule has 3 aromatic rings. The zero-order chi connectivity index (χ0) is 20.3. The first-order chi connectivity index (χ1) is 13.3. The molecule has 1 heterocycles. The van der Waals surface area contributed by atoms with Crippen molar-refractivity contribution in [1.82, 2.24) is 4.98 Å². The first-order valence-electron chi connectivity index (χ1n) is 7.57. The van der Waals surface area contributed by atoms with Crippen LogP contribution >= 0.6 is 22.9 Å². The molecule has 144 valence electrons. The summed E-state index contributed by atoms with van der Waals surface area (Å²) in [5.74, 6) is -0.580. The molecular formula is C16H11ClN4O5S2. The summed E-state index contributed by atoms with van der Waals surface area (Å²) in [4.78, 5) is 26.3. The summed E-state index contributed by atoms with van der Waals surface area (Å²) in [6.07, 6.45) is 1.04. The number of halogens is 1. The molecule has 0 saturated carbocycles. The Morgan fingerprint density at radius 1 is 1.18 bits per heavy atom. The van der Waals surface area contributed by atoms with E-state index in [2.05, 4.69) is 10.3 Å². The topological polar surface area (TPSA) is 123 Å². The lowest BCUT2D eigenvalue weighted by molar-refractivity contribution is -0.380. The van der Waals surface area contributed by atoms with E-state index in [-0.39, 0.29) is 21.4 Å². The monoisotopic (exact) mass is 438 g/mol. The van der Waals surface area contributed by atoms with Gasteiger partial charge in [-0.05, 0) is 53.8 Å². The highest BCUT2D eigenvalue weighted by molar-refractivity contribution is 7.74. The van der Waals surface area contributed by atoms with Gasteiger partial charge in [0.25, 0.3) is 5.91 Å². The maximum Gasteiger partial charge on any atom is 0.345 e. The van der Waals surface area contributed by atoms with E-state index in [1.54, 1.807) is 12.1 Å². The summed E-state index contributed by atoms with van der Waals surface area (Å²) < 4.78 is 24.6. The molecule has 2 aromatic carbocycles. The standard InChI is InChI=1S/C16H11ClN4O5S2/c17-11-4-6-12(7-5-11)20(28(25)26)13-3-1-2-10(8-13)15(22)19-16-18-9-14(27-16)21(23)24/h1-9,28H,(H,18,19,22). The first-order valence-corrected chi connectivity index (χ1v) is 9.89. The third-order valence-corrected chi connectivity index (χ3v) is 5.39. The van der Waals surface area contributed by atoms with Gasteiger partial charge in [0, 0.05) is 10.6 Å². The van der Waals surface area contributed by atoms with Crippen molar-refractivity contribution >= 4 is 61.2 Å². The number of carbonyl (C=O) groups is 1. The number of carbonyl (C=O) groups excluding carboxylic acids is 1. The second kappa shape index (κ2) is 8.33. The maximum absolute atomic E-state index is 12.4. The zero-order valence-electron chi connectivity index (χ0n) is 13.8. The summed E-state index contributed by atoms with van der Waals surface area (Å²) in [6.45, 7) is 0. The van der Waals surface area contributed by atoms with Crippen LogP contribution in [0.5, 0.6) is 0 Å². The number of nitrogens with zero attached hydrogens (tertiary/aromatic N) is 3. The highest BCUT2D eigenvalue weighted by Gasteiger charge is 2.17. The average molecular weight is 439 g/mol. The quantitative estimate of drug-likeness (QED) is 0.344. The summed E-state index contributed by atoms with van der Waals surface area (Å²) in [5, 5.41) is 13.5. The second-order valence-electron chi connectivity index (χ2n) is 5.29. The fraction of sp³-hybridized carbons (Fsp3) is 0. The van der Waals surface area contributed by atoms with Gasteiger partial charge in [0.15, 0.2) is 5.13 Å². The summed E-state index contributed by atoms with van der Waals surface area (Å²) in [7, 11) is -3.04. The van der Waals surface area contributed by atoms with E-state index in [9.17, 15) is 23.3 Å². The molecule has 0 saturated heterocycles. The maximum atomic E-state index is 12.4. The number of amides is 1. The predicted octanol–water partition coefficient (Wildman–Crippen LogP) is 3.62. The molecule has 1 N–H and O–H groups in total. The molecule has 0 aliphatic carbocycles. The minimum Gasteiger partial charge on any atom is -0.298 e. The Bertz CT molecular complexity index is 1110. The number of thiazole rings is 1. The van der Waals surface area contributed by atoms with E-state index in [1.165, 1.54) is 36.4 Å². The lowest BCUT2D eigenvalue weighted by Gasteiger charge is -2.18. The van der Waals surface area contributed by atoms with Gasteiger partial charge >= 0.3 is 5.00 Å². The van der Waals surface area contributed by atoms with Crippen LogP contribution in [-0.2, 0) is 10.9 Å². The molecule has 0 radical (unpaired) electrons. The number of nitro groups is 1. The normalized spacial score (nSPS) is 10.6. The minimum absolute atomic E-state index is 0.0616. The Labute approximate surface area is 169 Å². The molecule has 0 unspecified atom stereocenters. The molecule has 12 heteroatoms. The van der Waals surface area contributed by atoms with Crippen LogP contribution in [0.2, 0.25) is 5.02 Å². The highest BCUT2D eigenvalue weighted by atomic mass is 35.5. The van der Waals surface area contributed by atoms with Crippen LogP contribution in [0.15, 0.2) is 54.7 Å². The Balaban J connectivity index is 1.88. The van der Waals surface area contributed by atoms with Crippen LogP contribution in [0.1, 0.15) is 10.4 Å². The highest BCUT2D eigenvalue weighted by Crippen LogP contribution is 2.29. The van der Waals surface area contributed by atoms with Gasteiger partial charge < -0.3 is 0 Å². The van der Waals surface area contributed by atoms with E-state index in [0.29, 0.717) is 22.0 Å². The largest absolute Gasteiger partial charge is 0.345 e. The second-order valence-corrected chi connectivity index (χ2v) is 7.61. The molecule has 1 aromatic heterocycles. The van der Waals surface area contributed by atoms with Crippen LogP contribution in [0.3, 0.4) is 0 Å². The summed E-state index contributed by atoms with van der Waals surface area (Å²) >= 11 is 6.55. The van der Waals surface area contributed by atoms with Gasteiger partial charge in [-0.25, -0.2) is 17.7 Å². The van der Waals surface area contributed by atoms with Crippen LogP contribution in [0.4, 0.5) is 21.5 Å². The minimum atomic E-state index is -3.04. The number of benzene rings is 2. The number of thiol groups is 1. The smallest absolute Gasteiger partial charge is 0.298 e. The van der Waals surface area contributed by atoms with Crippen molar-refractivity contribution in [3.05, 3.63) is 75.4 Å². The van der Waals surface area contributed by atoms with Crippen molar-refractivity contribution in [3.8, 4) is 0 Å². The molecule has 1 amide bonds. The van der Waals surface area contributed by atoms with E-state index in [4.69, 9.17) is 11.6 Å². The van der Waals surface area contributed by atoms with Gasteiger partial charge in [-0.2, -0.15) is 0 Å². The molecule has 3 rings (SSSR count). The van der Waals surface area contributed by atoms with Gasteiger partial charge in [-0.3, -0.25) is 20.2 Å². The number of aromatic nitrogens is 1. The number of nitrogens with one attached hydrogen (secondary N) is 1. The summed E-state index contributed by atoms with van der Waals surface area (Å²) in [6, 6.07) is 12.1. The van der Waals surface area contributed by atoms with Crippen LogP contribution < -0.4 is 9.62 Å². The zero-order valence-corrected chi connectivity index (χ0v) is 16.3. The van der Waals surface area contributed by atoms with Gasteiger partial charge in [0.1, 0.15) is 6.20 Å². The number of hydrogen-bond donors (Lipinski definition) is 2. The van der Waals surface area contributed by atoms with Gasteiger partial charge in [0.2, 0.25) is 10.9 Å². The molecule has 0 bridgehead atoms. The van der Waals surface area contributed by atoms with E-state index < -0.39 is 21.7 Å². The molecule has 28 heavy (non-hydrogen) atoms. The van der Waals surface area contributed by atoms with Crippen molar-refractivity contribution in [2.75, 3.05) is 9.62 Å². The van der Waals surface area contributed by atoms with Gasteiger partial charge in [-0.15, -0.1) is 0 Å². The lowest BCUT2D eigenvalue weighted by Crippen LogP contribution is -2.16. The van der Waals surface area contributed by atoms with E-state index in [0.717, 1.165) is 10.5 Å². The van der Waals surface area contributed by atoms with Gasteiger partial charge in [-0.1, -0.05) is 17.7 Å². The molecule has 0 aliphatic heterocycles. The average Bonchev–Trinajstić information content (AvgIpc) is 3.12. The Morgan fingerprint density at radius 3 is 2.50 bits per heavy atom. The molecule has 0 fully saturated rings. The molecule has 0 aliphatic rings. The number of hydrogen-bond acceptors (Lipinski definition) is 7. The number of rotatable bonds is 6. The third-order valence-electron chi connectivity index (χ3n) is 3.48. The molecule has 9 nitrogen and oxygen atoms in total. The fourth-order valence-corrected chi connectivity index (χ4v) is 3.66. The van der Waals surface area contributed by atoms with Crippen LogP contribution in [0, 0.1) is 10.1 Å². The molecule has 0 spiro atoms. The lowest BCUT2D eigenvalue weighted by atomic mass is 10.2. The van der Waals surface area contributed by atoms with Crippen molar-refractivity contribution in [2.45, 2.75) is 0 Å². The van der Waals surface area contributed by atoms with E-state index in [1.807, 2.05) is 0 Å². The Kier molecular flexibility index (Phi) is 5.87. The van der Waals surface area contributed by atoms with Crippen LogP contribution in [-0.4, -0.2) is 24.2 Å². The van der Waals surface area contributed by atoms with Crippen molar-refractivity contribution in [1.29, 1.82) is 0 Å². The number of anilines is 3. The first kappa shape index (κ1) is 19.7. The fourth-order valence-electron chi connectivity index (χ4n) is 2.28. The third kappa shape index (κ3) is 4.44. The molecular weight excluding hydrogens is 428 g/mol. The Hall–Kier alpha value is -3.02. The van der Waals surface area contributed by atoms with Crippen molar-refractivity contribution < 1.29 is 18.1 Å². The van der Waals surface area contributed by atoms with Crippen LogP contribution in [0.25, 0.3) is 0 Å². The molecule has 0 atom stereocenters. The van der Waals surface area contributed by atoms with E-state index >= 15 is 0 Å². The Morgan fingerprint density at radius 2 is 1.89 bits per heavy atom. The van der Waals surface area contributed by atoms with Crippen molar-refractivity contribution in [2.24, 2.45) is 0 Å². The SMILES string of the molecule is O=C(Nc1ncc([N+](=O)[O-])s1)c1cccc(N(c2ccc(Cl)cc2)[SH](=O)=O)c1.